The molecule has 2 amide bonds. The summed E-state index contributed by atoms with van der Waals surface area (Å²) >= 11 is 3.68. The maximum absolute atomic E-state index is 14.5. The third kappa shape index (κ3) is 5.45. The van der Waals surface area contributed by atoms with Gasteiger partial charge in [-0.05, 0) is 12.3 Å². The molecule has 2 bridgehead atoms. The number of aliphatic hydroxyl groups excluding tert-OH is 1. The highest BCUT2D eigenvalue weighted by atomic mass is 79.9. The number of aliphatic hydroxyl groups is 1. The number of nitrogens with zero attached hydrogens (tertiary/aromatic N) is 3. The summed E-state index contributed by atoms with van der Waals surface area (Å²) in [5, 5.41) is 10.5. The van der Waals surface area contributed by atoms with Gasteiger partial charge in [0.25, 0.3) is 0 Å². The molecule has 0 aromatic heterocycles. The molecule has 0 radical (unpaired) electrons. The molecule has 4 rings (SSSR count). The average molecular weight is 613 g/mol. The molecule has 4 aliphatic heterocycles. The van der Waals surface area contributed by atoms with Crippen molar-refractivity contribution in [2.24, 2.45) is 17.8 Å². The molecular weight excluding hydrogens is 570 g/mol. The number of fused-ring (bicyclic) bond motifs is 1. The number of esters is 1. The maximum atomic E-state index is 14.5. The van der Waals surface area contributed by atoms with Crippen molar-refractivity contribution in [3.8, 4) is 0 Å². The second-order valence-electron chi connectivity index (χ2n) is 11.0. The van der Waals surface area contributed by atoms with E-state index >= 15 is 0 Å². The van der Waals surface area contributed by atoms with Gasteiger partial charge in [-0.3, -0.25) is 19.3 Å². The third-order valence-corrected chi connectivity index (χ3v) is 9.72. The first-order valence-corrected chi connectivity index (χ1v) is 14.9. The number of halogens is 1. The van der Waals surface area contributed by atoms with Crippen LogP contribution in [0.4, 0.5) is 0 Å². The lowest BCUT2D eigenvalue weighted by Crippen LogP contribution is -2.60. The number of carbonyl (C=O) groups excluding carboxylic acids is 3. The molecule has 10 nitrogen and oxygen atoms in total. The number of hydrogen-bond acceptors (Lipinski definition) is 8. The number of hydrogen-bond donors (Lipinski definition) is 1. The van der Waals surface area contributed by atoms with Gasteiger partial charge in [0.2, 0.25) is 11.8 Å². The Morgan fingerprint density at radius 2 is 2.03 bits per heavy atom. The highest BCUT2D eigenvalue weighted by Gasteiger charge is 2.77. The zero-order valence-corrected chi connectivity index (χ0v) is 24.6. The Morgan fingerprint density at radius 1 is 1.31 bits per heavy atom. The van der Waals surface area contributed by atoms with Crippen molar-refractivity contribution >= 4 is 33.7 Å². The lowest BCUT2D eigenvalue weighted by molar-refractivity contribution is -0.156. The summed E-state index contributed by atoms with van der Waals surface area (Å²) in [6.45, 7) is 15.5. The fourth-order valence-corrected chi connectivity index (χ4v) is 7.67. The highest BCUT2D eigenvalue weighted by Crippen LogP contribution is 2.61. The number of likely N-dealkylation sites (tertiary alicyclic amines) is 1. The van der Waals surface area contributed by atoms with Crippen molar-refractivity contribution in [2.45, 2.75) is 55.3 Å². The van der Waals surface area contributed by atoms with Crippen LogP contribution in [0.3, 0.4) is 0 Å². The van der Waals surface area contributed by atoms with Crippen LogP contribution in [0.1, 0.15) is 26.7 Å². The zero-order chi connectivity index (χ0) is 28.3. The smallest absolute Gasteiger partial charge is 0.312 e. The second-order valence-corrected chi connectivity index (χ2v) is 12.2. The fraction of sp³-hybridized carbons (Fsp3) is 0.750. The average Bonchev–Trinajstić information content (AvgIpc) is 3.53. The lowest BCUT2D eigenvalue weighted by Gasteiger charge is -2.41. The monoisotopic (exact) mass is 611 g/mol. The Labute approximate surface area is 239 Å². The van der Waals surface area contributed by atoms with Crippen LogP contribution in [0.5, 0.6) is 0 Å². The summed E-state index contributed by atoms with van der Waals surface area (Å²) < 4.78 is 17.4. The van der Waals surface area contributed by atoms with Crippen LogP contribution in [0.2, 0.25) is 0 Å². The normalized spacial score (nSPS) is 33.5. The molecule has 11 heteroatoms. The van der Waals surface area contributed by atoms with Crippen molar-refractivity contribution in [2.75, 3.05) is 59.2 Å². The van der Waals surface area contributed by atoms with Crippen LogP contribution < -0.4 is 0 Å². The minimum absolute atomic E-state index is 0.0236. The van der Waals surface area contributed by atoms with E-state index in [1.165, 1.54) is 6.08 Å². The van der Waals surface area contributed by atoms with Gasteiger partial charge in [-0.2, -0.15) is 0 Å². The van der Waals surface area contributed by atoms with E-state index < -0.39 is 41.6 Å². The summed E-state index contributed by atoms with van der Waals surface area (Å²) in [6, 6.07) is -1.57. The van der Waals surface area contributed by atoms with E-state index in [2.05, 4.69) is 34.0 Å². The van der Waals surface area contributed by atoms with Gasteiger partial charge in [-0.15, -0.1) is 6.58 Å². The van der Waals surface area contributed by atoms with E-state index in [-0.39, 0.29) is 35.8 Å². The molecule has 4 saturated heterocycles. The van der Waals surface area contributed by atoms with E-state index in [4.69, 9.17) is 14.2 Å². The standard InChI is InChI=1S/C28H42BrN3O7/c1-5-8-31(10-9-30-11-14-37-15-12-30)26(35)24-28-16-19(29)23(39-28)21(27(36)38-13-6-2)22(28)25(34)32(24)20(17-33)18(4)7-3/h5-6,18-24,33H,1-2,7-17H2,3-4H3/t18-,19?,20-,21-,22-,23-,24?,28?/m0/s1. The summed E-state index contributed by atoms with van der Waals surface area (Å²) in [5.74, 6) is -2.91. The molecule has 1 spiro atoms. The molecule has 3 unspecified atom stereocenters. The Hall–Kier alpha value is -1.79. The summed E-state index contributed by atoms with van der Waals surface area (Å²) in [4.78, 5) is 47.3. The number of morpholine rings is 1. The zero-order valence-electron chi connectivity index (χ0n) is 23.0. The Bertz CT molecular complexity index is 944. The first-order chi connectivity index (χ1) is 18.7. The fourth-order valence-electron chi connectivity index (χ4n) is 6.73. The van der Waals surface area contributed by atoms with Gasteiger partial charge in [-0.1, -0.05) is 54.9 Å². The lowest BCUT2D eigenvalue weighted by atomic mass is 9.70. The van der Waals surface area contributed by atoms with Crippen molar-refractivity contribution in [1.29, 1.82) is 0 Å². The Morgan fingerprint density at radius 3 is 2.64 bits per heavy atom. The van der Waals surface area contributed by atoms with Crippen molar-refractivity contribution < 1.29 is 33.7 Å². The first-order valence-electron chi connectivity index (χ1n) is 14.0. The van der Waals surface area contributed by atoms with Crippen molar-refractivity contribution in [3.05, 3.63) is 25.3 Å². The molecule has 0 aliphatic carbocycles. The molecular formula is C28H42BrN3O7. The van der Waals surface area contributed by atoms with Crippen LogP contribution in [-0.2, 0) is 28.6 Å². The van der Waals surface area contributed by atoms with Gasteiger partial charge < -0.3 is 29.1 Å². The van der Waals surface area contributed by atoms with Gasteiger partial charge >= 0.3 is 5.97 Å². The van der Waals surface area contributed by atoms with E-state index in [0.717, 1.165) is 13.1 Å². The number of amides is 2. The molecule has 4 aliphatic rings. The number of ether oxygens (including phenoxy) is 3. The van der Waals surface area contributed by atoms with Crippen LogP contribution in [0, 0.1) is 17.8 Å². The van der Waals surface area contributed by atoms with Crippen LogP contribution in [0.25, 0.3) is 0 Å². The van der Waals surface area contributed by atoms with Crippen LogP contribution in [0.15, 0.2) is 25.3 Å². The Kier molecular flexibility index (Phi) is 9.91. The van der Waals surface area contributed by atoms with E-state index in [0.29, 0.717) is 45.7 Å². The van der Waals surface area contributed by atoms with Crippen LogP contribution >= 0.6 is 15.9 Å². The predicted octanol–water partition coefficient (Wildman–Crippen LogP) is 1.22. The van der Waals surface area contributed by atoms with Crippen molar-refractivity contribution in [3.63, 3.8) is 0 Å². The van der Waals surface area contributed by atoms with E-state index in [1.807, 2.05) is 13.8 Å². The molecule has 8 atom stereocenters. The quantitative estimate of drug-likeness (QED) is 0.188. The predicted molar refractivity (Wildman–Crippen MR) is 148 cm³/mol. The Balaban J connectivity index is 1.72. The molecule has 4 heterocycles. The van der Waals surface area contributed by atoms with Crippen molar-refractivity contribution in [1.82, 2.24) is 14.7 Å². The second kappa shape index (κ2) is 12.8. The number of rotatable bonds is 13. The first kappa shape index (κ1) is 30.2. The number of alkyl halides is 1. The molecule has 0 aromatic carbocycles. The summed E-state index contributed by atoms with van der Waals surface area (Å²) in [5.41, 5.74) is -1.20. The highest BCUT2D eigenvalue weighted by molar-refractivity contribution is 9.09. The van der Waals surface area contributed by atoms with Gasteiger partial charge in [0, 0.05) is 37.6 Å². The van der Waals surface area contributed by atoms with Gasteiger partial charge in [0.05, 0.1) is 43.8 Å². The largest absolute Gasteiger partial charge is 0.461 e. The summed E-state index contributed by atoms with van der Waals surface area (Å²) in [7, 11) is 0. The topological polar surface area (TPSA) is 109 Å². The van der Waals surface area contributed by atoms with Gasteiger partial charge in [-0.25, -0.2) is 0 Å². The molecule has 1 N–H and O–H groups in total. The van der Waals surface area contributed by atoms with Crippen LogP contribution in [-0.4, -0.2) is 125 Å². The SMILES string of the molecule is C=CCOC(=O)[C@H]1[C@H]2C(=O)N([C@@H](CO)[C@@H](C)CC)C(C(=O)N(CC=C)CCN3CCOCC3)C23CC(Br)[C@@H]1O3. The molecule has 4 fully saturated rings. The maximum Gasteiger partial charge on any atom is 0.312 e. The third-order valence-electron chi connectivity index (χ3n) is 8.87. The van der Waals surface area contributed by atoms with E-state index in [9.17, 15) is 19.5 Å². The summed E-state index contributed by atoms with van der Waals surface area (Å²) in [6.07, 6.45) is 3.68. The minimum atomic E-state index is -1.20. The van der Waals surface area contributed by atoms with Gasteiger partial charge in [0.15, 0.2) is 0 Å². The van der Waals surface area contributed by atoms with Gasteiger partial charge in [0.1, 0.15) is 18.2 Å². The molecule has 39 heavy (non-hydrogen) atoms. The molecule has 0 saturated carbocycles. The molecule has 0 aromatic rings. The molecule has 218 valence electrons. The van der Waals surface area contributed by atoms with E-state index in [1.54, 1.807) is 15.9 Å². The minimum Gasteiger partial charge on any atom is -0.461 e. The number of carbonyl (C=O) groups is 3.